The first kappa shape index (κ1) is 11.1. The molecule has 0 saturated carbocycles. The van der Waals surface area contributed by atoms with Crippen LogP contribution in [0, 0.1) is 5.82 Å². The van der Waals surface area contributed by atoms with E-state index in [2.05, 4.69) is 0 Å². The first-order chi connectivity index (χ1) is 8.02. The first-order valence-electron chi connectivity index (χ1n) is 4.74. The molecule has 0 radical (unpaired) electrons. The second-order valence-corrected chi connectivity index (χ2v) is 3.47. The van der Waals surface area contributed by atoms with Crippen LogP contribution in [-0.4, -0.2) is 20.4 Å². The van der Waals surface area contributed by atoms with E-state index in [0.29, 0.717) is 0 Å². The Morgan fingerprint density at radius 3 is 2.12 bits per heavy atom. The van der Waals surface area contributed by atoms with Crippen molar-refractivity contribution in [3.05, 3.63) is 36.1 Å². The maximum Gasteiger partial charge on any atom is 0.201 e. The normalized spacial score (nSPS) is 10.4. The molecule has 0 fully saturated rings. The molecule has 0 heterocycles. The minimum Gasteiger partial charge on any atom is -0.507 e. The summed E-state index contributed by atoms with van der Waals surface area (Å²) in [6, 6.07) is 6.28. The molecule has 0 atom stereocenters. The SMILES string of the molecule is Oc1cc(O)c(-c2ccccc2F)c(O)c1O. The maximum absolute atomic E-state index is 13.5. The number of hydrogen-bond acceptors (Lipinski definition) is 4. The maximum atomic E-state index is 13.5. The van der Waals surface area contributed by atoms with Crippen LogP contribution in [0.25, 0.3) is 11.1 Å². The van der Waals surface area contributed by atoms with Gasteiger partial charge in [0, 0.05) is 11.6 Å². The summed E-state index contributed by atoms with van der Waals surface area (Å²) in [5.74, 6) is -3.44. The van der Waals surface area contributed by atoms with Gasteiger partial charge in [-0.15, -0.1) is 0 Å². The summed E-state index contributed by atoms with van der Waals surface area (Å²) in [4.78, 5) is 0. The number of phenolic OH excluding ortho intramolecular Hbond substituents is 4. The average molecular weight is 236 g/mol. The largest absolute Gasteiger partial charge is 0.507 e. The van der Waals surface area contributed by atoms with E-state index in [-0.39, 0.29) is 11.1 Å². The van der Waals surface area contributed by atoms with Crippen molar-refractivity contribution in [1.29, 1.82) is 0 Å². The highest BCUT2D eigenvalue weighted by atomic mass is 19.1. The minimum absolute atomic E-state index is 0.0715. The smallest absolute Gasteiger partial charge is 0.201 e. The third-order valence-corrected chi connectivity index (χ3v) is 2.38. The van der Waals surface area contributed by atoms with Gasteiger partial charge in [-0.05, 0) is 6.07 Å². The van der Waals surface area contributed by atoms with Gasteiger partial charge in [0.25, 0.3) is 0 Å². The fraction of sp³-hybridized carbons (Fsp3) is 0. The van der Waals surface area contributed by atoms with Crippen LogP contribution in [-0.2, 0) is 0 Å². The van der Waals surface area contributed by atoms with Crippen molar-refractivity contribution >= 4 is 0 Å². The van der Waals surface area contributed by atoms with Gasteiger partial charge in [0.2, 0.25) is 5.75 Å². The summed E-state index contributed by atoms with van der Waals surface area (Å²) in [6.45, 7) is 0. The Balaban J connectivity index is 2.77. The van der Waals surface area contributed by atoms with Crippen LogP contribution in [0.1, 0.15) is 0 Å². The second-order valence-electron chi connectivity index (χ2n) is 3.47. The van der Waals surface area contributed by atoms with E-state index in [4.69, 9.17) is 5.11 Å². The summed E-state index contributed by atoms with van der Waals surface area (Å²) >= 11 is 0. The van der Waals surface area contributed by atoms with E-state index >= 15 is 0 Å². The number of rotatable bonds is 1. The summed E-state index contributed by atoms with van der Waals surface area (Å²) in [6.07, 6.45) is 0. The van der Waals surface area contributed by atoms with Crippen LogP contribution in [0.4, 0.5) is 4.39 Å². The lowest BCUT2D eigenvalue weighted by molar-refractivity contribution is 0.362. The van der Waals surface area contributed by atoms with Crippen LogP contribution in [0.3, 0.4) is 0 Å². The van der Waals surface area contributed by atoms with Gasteiger partial charge in [0.1, 0.15) is 11.6 Å². The molecule has 4 N–H and O–H groups in total. The van der Waals surface area contributed by atoms with Crippen LogP contribution < -0.4 is 0 Å². The number of halogens is 1. The molecule has 2 aromatic carbocycles. The highest BCUT2D eigenvalue weighted by Crippen LogP contribution is 2.48. The van der Waals surface area contributed by atoms with Crippen molar-refractivity contribution in [1.82, 2.24) is 0 Å². The molecule has 0 amide bonds. The van der Waals surface area contributed by atoms with Crippen molar-refractivity contribution in [3.63, 3.8) is 0 Å². The monoisotopic (exact) mass is 236 g/mol. The van der Waals surface area contributed by atoms with Crippen LogP contribution in [0.15, 0.2) is 30.3 Å². The lowest BCUT2D eigenvalue weighted by Crippen LogP contribution is -1.86. The number of aromatic hydroxyl groups is 4. The summed E-state index contributed by atoms with van der Waals surface area (Å²) in [7, 11) is 0. The summed E-state index contributed by atoms with van der Waals surface area (Å²) in [5.41, 5.74) is -0.337. The standard InChI is InChI=1S/C12H9FO4/c13-7-4-2-1-3-6(7)10-8(14)5-9(15)11(16)12(10)17/h1-5,14-17H. The Hall–Kier alpha value is -2.43. The van der Waals surface area contributed by atoms with Gasteiger partial charge in [-0.1, -0.05) is 18.2 Å². The molecule has 0 aliphatic rings. The highest BCUT2D eigenvalue weighted by Gasteiger charge is 2.20. The molecule has 88 valence electrons. The molecule has 2 aromatic rings. The van der Waals surface area contributed by atoms with Crippen molar-refractivity contribution in [3.8, 4) is 34.1 Å². The van der Waals surface area contributed by atoms with E-state index < -0.39 is 28.8 Å². The summed E-state index contributed by atoms with van der Waals surface area (Å²) in [5, 5.41) is 37.7. The Bertz CT molecular complexity index is 581. The lowest BCUT2D eigenvalue weighted by Gasteiger charge is -2.10. The highest BCUT2D eigenvalue weighted by molar-refractivity contribution is 5.81. The first-order valence-corrected chi connectivity index (χ1v) is 4.74. The van der Waals surface area contributed by atoms with E-state index in [1.165, 1.54) is 18.2 Å². The number of phenols is 4. The Morgan fingerprint density at radius 1 is 0.824 bits per heavy atom. The van der Waals surface area contributed by atoms with Crippen molar-refractivity contribution in [2.45, 2.75) is 0 Å². The van der Waals surface area contributed by atoms with Crippen molar-refractivity contribution < 1.29 is 24.8 Å². The molecule has 5 heteroatoms. The van der Waals surface area contributed by atoms with Gasteiger partial charge in [0.15, 0.2) is 11.5 Å². The van der Waals surface area contributed by atoms with Crippen molar-refractivity contribution in [2.75, 3.05) is 0 Å². The van der Waals surface area contributed by atoms with Gasteiger partial charge in [-0.2, -0.15) is 0 Å². The van der Waals surface area contributed by atoms with E-state index in [1.807, 2.05) is 0 Å². The average Bonchev–Trinajstić information content (AvgIpc) is 2.29. The predicted molar refractivity (Wildman–Crippen MR) is 58.5 cm³/mol. The zero-order chi connectivity index (χ0) is 12.6. The van der Waals surface area contributed by atoms with Gasteiger partial charge < -0.3 is 20.4 Å². The fourth-order valence-electron chi connectivity index (χ4n) is 1.56. The minimum atomic E-state index is -0.805. The molecule has 0 unspecified atom stereocenters. The van der Waals surface area contributed by atoms with Gasteiger partial charge in [-0.3, -0.25) is 0 Å². The molecular weight excluding hydrogens is 227 g/mol. The van der Waals surface area contributed by atoms with E-state index in [1.54, 1.807) is 0 Å². The molecule has 0 aliphatic carbocycles. The van der Waals surface area contributed by atoms with Crippen LogP contribution in [0.2, 0.25) is 0 Å². The molecule has 4 nitrogen and oxygen atoms in total. The zero-order valence-electron chi connectivity index (χ0n) is 8.55. The molecular formula is C12H9FO4. The zero-order valence-corrected chi connectivity index (χ0v) is 8.55. The van der Waals surface area contributed by atoms with E-state index in [0.717, 1.165) is 12.1 Å². The molecule has 17 heavy (non-hydrogen) atoms. The Morgan fingerprint density at radius 2 is 1.47 bits per heavy atom. The molecule has 0 bridgehead atoms. The van der Waals surface area contributed by atoms with Crippen LogP contribution in [0.5, 0.6) is 23.0 Å². The Kier molecular flexibility index (Phi) is 2.51. The summed E-state index contributed by atoms with van der Waals surface area (Å²) < 4.78 is 13.5. The predicted octanol–water partition coefficient (Wildman–Crippen LogP) is 2.32. The number of benzene rings is 2. The molecule has 0 aliphatic heterocycles. The second kappa shape index (κ2) is 3.86. The van der Waals surface area contributed by atoms with Crippen LogP contribution >= 0.6 is 0 Å². The molecule has 2 rings (SSSR count). The van der Waals surface area contributed by atoms with E-state index in [9.17, 15) is 19.7 Å². The molecule has 0 spiro atoms. The topological polar surface area (TPSA) is 80.9 Å². The molecule has 0 saturated heterocycles. The molecule has 0 aromatic heterocycles. The van der Waals surface area contributed by atoms with Gasteiger partial charge in [0.05, 0.1) is 5.56 Å². The van der Waals surface area contributed by atoms with Gasteiger partial charge >= 0.3 is 0 Å². The third-order valence-electron chi connectivity index (χ3n) is 2.38. The number of hydrogen-bond donors (Lipinski definition) is 4. The van der Waals surface area contributed by atoms with Gasteiger partial charge in [-0.25, -0.2) is 4.39 Å². The van der Waals surface area contributed by atoms with Crippen molar-refractivity contribution in [2.24, 2.45) is 0 Å². The quantitative estimate of drug-likeness (QED) is 0.452. The Labute approximate surface area is 95.8 Å². The third kappa shape index (κ3) is 1.71. The lowest BCUT2D eigenvalue weighted by atomic mass is 10.0. The fourth-order valence-corrected chi connectivity index (χ4v) is 1.56.